The maximum atomic E-state index is 13.3. The minimum Gasteiger partial charge on any atom is -0.321 e. The molecule has 0 spiro atoms. The average molecular weight is 291 g/mol. The molecule has 1 saturated carbocycles. The van der Waals surface area contributed by atoms with E-state index in [2.05, 4.69) is 5.32 Å². The van der Waals surface area contributed by atoms with Crippen LogP contribution >= 0.6 is 11.3 Å². The lowest BCUT2D eigenvalue weighted by atomic mass is 10.2. The van der Waals surface area contributed by atoms with Crippen molar-refractivity contribution in [1.29, 1.82) is 0 Å². The van der Waals surface area contributed by atoms with E-state index in [9.17, 15) is 4.39 Å². The van der Waals surface area contributed by atoms with E-state index in [1.54, 1.807) is 17.4 Å². The van der Waals surface area contributed by atoms with Crippen molar-refractivity contribution in [1.82, 2.24) is 10.3 Å². The Labute approximate surface area is 122 Å². The van der Waals surface area contributed by atoms with Crippen molar-refractivity contribution in [2.24, 2.45) is 0 Å². The van der Waals surface area contributed by atoms with Crippen LogP contribution in [-0.4, -0.2) is 19.1 Å². The van der Waals surface area contributed by atoms with Crippen LogP contribution in [0.25, 0.3) is 0 Å². The van der Waals surface area contributed by atoms with Gasteiger partial charge in [-0.1, -0.05) is 17.4 Å². The normalized spacial score (nSPS) is 14.6. The highest BCUT2D eigenvalue weighted by atomic mass is 32.1. The number of halogens is 1. The molecule has 1 aliphatic carbocycles. The van der Waals surface area contributed by atoms with Gasteiger partial charge in [-0.05, 0) is 38.1 Å². The summed E-state index contributed by atoms with van der Waals surface area (Å²) < 4.78 is 13.3. The molecule has 0 aliphatic heterocycles. The topological polar surface area (TPSA) is 28.2 Å². The van der Waals surface area contributed by atoms with Gasteiger partial charge >= 0.3 is 0 Å². The second kappa shape index (κ2) is 5.50. The van der Waals surface area contributed by atoms with Crippen LogP contribution < -0.4 is 10.2 Å². The predicted octanol–water partition coefficient (Wildman–Crippen LogP) is 3.65. The van der Waals surface area contributed by atoms with Crippen molar-refractivity contribution < 1.29 is 4.39 Å². The van der Waals surface area contributed by atoms with E-state index in [4.69, 9.17) is 4.98 Å². The first-order chi connectivity index (χ1) is 9.69. The zero-order valence-corrected chi connectivity index (χ0v) is 12.5. The Balaban J connectivity index is 1.91. The van der Waals surface area contributed by atoms with Gasteiger partial charge in [-0.2, -0.15) is 0 Å². The SMILES string of the molecule is CNCc1sc(N(C)c2cccc(F)c2)nc1C1CC1. The van der Waals surface area contributed by atoms with E-state index >= 15 is 0 Å². The minimum atomic E-state index is -0.219. The van der Waals surface area contributed by atoms with Crippen molar-refractivity contribution in [3.05, 3.63) is 40.7 Å². The number of anilines is 2. The van der Waals surface area contributed by atoms with Gasteiger partial charge in [0.2, 0.25) is 0 Å². The van der Waals surface area contributed by atoms with Crippen LogP contribution in [0, 0.1) is 5.82 Å². The van der Waals surface area contributed by atoms with E-state index in [1.165, 1.54) is 35.5 Å². The van der Waals surface area contributed by atoms with Crippen molar-refractivity contribution in [2.75, 3.05) is 19.0 Å². The summed E-state index contributed by atoms with van der Waals surface area (Å²) in [7, 11) is 3.89. The highest BCUT2D eigenvalue weighted by molar-refractivity contribution is 7.15. The van der Waals surface area contributed by atoms with Crippen LogP contribution in [0.15, 0.2) is 24.3 Å². The van der Waals surface area contributed by atoms with E-state index in [0.29, 0.717) is 5.92 Å². The summed E-state index contributed by atoms with van der Waals surface area (Å²) in [5.41, 5.74) is 2.06. The van der Waals surface area contributed by atoms with Crippen LogP contribution in [0.2, 0.25) is 0 Å². The summed E-state index contributed by atoms with van der Waals surface area (Å²) in [6.45, 7) is 0.848. The molecule has 1 N–H and O–H groups in total. The fraction of sp³-hybridized carbons (Fsp3) is 0.400. The molecule has 1 aliphatic rings. The molecule has 106 valence electrons. The van der Waals surface area contributed by atoms with Crippen molar-refractivity contribution in [3.8, 4) is 0 Å². The molecule has 3 nitrogen and oxygen atoms in total. The van der Waals surface area contributed by atoms with Crippen molar-refractivity contribution in [2.45, 2.75) is 25.3 Å². The number of hydrogen-bond donors (Lipinski definition) is 1. The van der Waals surface area contributed by atoms with Gasteiger partial charge in [0.1, 0.15) is 5.82 Å². The molecular weight excluding hydrogens is 273 g/mol. The van der Waals surface area contributed by atoms with Gasteiger partial charge in [-0.15, -0.1) is 0 Å². The number of nitrogens with one attached hydrogen (secondary N) is 1. The summed E-state index contributed by atoms with van der Waals surface area (Å²) in [5.74, 6) is 0.410. The van der Waals surface area contributed by atoms with Gasteiger partial charge in [-0.3, -0.25) is 0 Å². The molecule has 0 bridgehead atoms. The lowest BCUT2D eigenvalue weighted by molar-refractivity contribution is 0.628. The summed E-state index contributed by atoms with van der Waals surface area (Å²) in [5, 5.41) is 4.13. The van der Waals surface area contributed by atoms with Crippen molar-refractivity contribution in [3.63, 3.8) is 0 Å². The molecule has 1 aromatic carbocycles. The molecule has 0 atom stereocenters. The largest absolute Gasteiger partial charge is 0.321 e. The summed E-state index contributed by atoms with van der Waals surface area (Å²) in [6, 6.07) is 6.63. The minimum absolute atomic E-state index is 0.219. The maximum Gasteiger partial charge on any atom is 0.190 e. The standard InChI is InChI=1S/C15H18FN3S/c1-17-9-13-14(10-6-7-10)18-15(20-13)19(2)12-5-3-4-11(16)8-12/h3-5,8,10,17H,6-7,9H2,1-2H3. The number of benzene rings is 1. The molecule has 1 aromatic heterocycles. The maximum absolute atomic E-state index is 13.3. The highest BCUT2D eigenvalue weighted by Crippen LogP contribution is 2.44. The van der Waals surface area contributed by atoms with E-state index in [0.717, 1.165) is 17.4 Å². The molecule has 0 amide bonds. The molecule has 0 unspecified atom stereocenters. The van der Waals surface area contributed by atoms with Gasteiger partial charge < -0.3 is 10.2 Å². The fourth-order valence-corrected chi connectivity index (χ4v) is 3.39. The molecule has 0 saturated heterocycles. The predicted molar refractivity (Wildman–Crippen MR) is 81.3 cm³/mol. The third-order valence-corrected chi connectivity index (χ3v) is 4.65. The Hall–Kier alpha value is -1.46. The Bertz CT molecular complexity index is 607. The van der Waals surface area contributed by atoms with Crippen LogP contribution in [0.1, 0.15) is 29.3 Å². The Morgan fingerprint density at radius 2 is 2.25 bits per heavy atom. The van der Waals surface area contributed by atoms with Crippen LogP contribution in [-0.2, 0) is 6.54 Å². The smallest absolute Gasteiger partial charge is 0.190 e. The number of aromatic nitrogens is 1. The van der Waals surface area contributed by atoms with E-state index in [-0.39, 0.29) is 5.82 Å². The summed E-state index contributed by atoms with van der Waals surface area (Å²) >= 11 is 1.69. The molecule has 5 heteroatoms. The highest BCUT2D eigenvalue weighted by Gasteiger charge is 2.30. The number of hydrogen-bond acceptors (Lipinski definition) is 4. The average Bonchev–Trinajstić information content (AvgIpc) is 3.20. The molecular formula is C15H18FN3S. The van der Waals surface area contributed by atoms with Crippen molar-refractivity contribution >= 4 is 22.2 Å². The van der Waals surface area contributed by atoms with Crippen LogP contribution in [0.4, 0.5) is 15.2 Å². The quantitative estimate of drug-likeness (QED) is 0.911. The first kappa shape index (κ1) is 13.5. The zero-order valence-electron chi connectivity index (χ0n) is 11.7. The first-order valence-corrected chi connectivity index (χ1v) is 7.64. The molecule has 2 aromatic rings. The third-order valence-electron chi connectivity index (χ3n) is 3.50. The molecule has 3 rings (SSSR count). The zero-order chi connectivity index (χ0) is 14.1. The molecule has 0 radical (unpaired) electrons. The van der Waals surface area contributed by atoms with Crippen LogP contribution in [0.5, 0.6) is 0 Å². The number of rotatable bonds is 5. The van der Waals surface area contributed by atoms with Gasteiger partial charge in [0.25, 0.3) is 0 Å². The van der Waals surface area contributed by atoms with Gasteiger partial charge in [0.05, 0.1) is 5.69 Å². The van der Waals surface area contributed by atoms with E-state index in [1.807, 2.05) is 25.1 Å². The van der Waals surface area contributed by atoms with E-state index < -0.39 is 0 Å². The Morgan fingerprint density at radius 1 is 1.45 bits per heavy atom. The lowest BCUT2D eigenvalue weighted by Crippen LogP contribution is -2.09. The Kier molecular flexibility index (Phi) is 3.72. The second-order valence-electron chi connectivity index (χ2n) is 5.15. The lowest BCUT2D eigenvalue weighted by Gasteiger charge is -2.15. The second-order valence-corrected chi connectivity index (χ2v) is 6.21. The number of thiazole rings is 1. The third kappa shape index (κ3) is 2.69. The number of nitrogens with zero attached hydrogens (tertiary/aromatic N) is 2. The fourth-order valence-electron chi connectivity index (χ4n) is 2.25. The van der Waals surface area contributed by atoms with Gasteiger partial charge in [-0.25, -0.2) is 9.37 Å². The molecule has 20 heavy (non-hydrogen) atoms. The molecule has 1 fully saturated rings. The van der Waals surface area contributed by atoms with Gasteiger partial charge in [0, 0.05) is 30.1 Å². The summed E-state index contributed by atoms with van der Waals surface area (Å²) in [6.07, 6.45) is 2.48. The molecule has 1 heterocycles. The Morgan fingerprint density at radius 3 is 2.90 bits per heavy atom. The van der Waals surface area contributed by atoms with Gasteiger partial charge in [0.15, 0.2) is 5.13 Å². The summed E-state index contributed by atoms with van der Waals surface area (Å²) in [4.78, 5) is 8.04. The van der Waals surface area contributed by atoms with Crippen LogP contribution in [0.3, 0.4) is 0 Å². The monoisotopic (exact) mass is 291 g/mol. The first-order valence-electron chi connectivity index (χ1n) is 6.82.